The third-order valence-corrected chi connectivity index (χ3v) is 7.09. The molecule has 0 spiro atoms. The Bertz CT molecular complexity index is 1110. The van der Waals surface area contributed by atoms with Crippen molar-refractivity contribution in [1.29, 1.82) is 0 Å². The van der Waals surface area contributed by atoms with E-state index in [2.05, 4.69) is 5.32 Å². The maximum absolute atomic E-state index is 13.6. The molecule has 0 unspecified atom stereocenters. The van der Waals surface area contributed by atoms with Crippen LogP contribution in [-0.2, 0) is 26.2 Å². The van der Waals surface area contributed by atoms with E-state index >= 15 is 0 Å². The van der Waals surface area contributed by atoms with Crippen LogP contribution in [-0.4, -0.2) is 57.1 Å². The van der Waals surface area contributed by atoms with E-state index in [0.717, 1.165) is 10.6 Å². The highest BCUT2D eigenvalue weighted by Gasteiger charge is 2.32. The molecule has 2 aromatic rings. The minimum Gasteiger partial charge on any atom is -0.494 e. The van der Waals surface area contributed by atoms with Crippen LogP contribution in [0.1, 0.15) is 32.8 Å². The molecule has 35 heavy (non-hydrogen) atoms. The molecule has 0 aliphatic carbocycles. The van der Waals surface area contributed by atoms with E-state index in [0.29, 0.717) is 46.6 Å². The quantitative estimate of drug-likeness (QED) is 0.434. The van der Waals surface area contributed by atoms with Gasteiger partial charge in [0.2, 0.25) is 21.8 Å². The summed E-state index contributed by atoms with van der Waals surface area (Å²) in [7, 11) is -3.83. The summed E-state index contributed by atoms with van der Waals surface area (Å²) >= 11 is 12.7. The molecule has 1 atom stereocenters. The van der Waals surface area contributed by atoms with Gasteiger partial charge in [-0.05, 0) is 56.7 Å². The molecular weight excluding hydrogens is 513 g/mol. The lowest BCUT2D eigenvalue weighted by atomic mass is 10.1. The Morgan fingerprint density at radius 1 is 1.03 bits per heavy atom. The molecule has 2 amide bonds. The monoisotopic (exact) mass is 543 g/mol. The van der Waals surface area contributed by atoms with Crippen LogP contribution < -0.4 is 14.4 Å². The summed E-state index contributed by atoms with van der Waals surface area (Å²) in [4.78, 5) is 27.7. The zero-order valence-electron chi connectivity index (χ0n) is 20.3. The molecular formula is C24H31Cl2N3O5S. The van der Waals surface area contributed by atoms with Gasteiger partial charge in [-0.3, -0.25) is 13.9 Å². The zero-order valence-corrected chi connectivity index (χ0v) is 22.6. The van der Waals surface area contributed by atoms with Crippen molar-refractivity contribution in [2.45, 2.75) is 39.8 Å². The van der Waals surface area contributed by atoms with Crippen LogP contribution in [0.4, 0.5) is 5.69 Å². The van der Waals surface area contributed by atoms with Crippen LogP contribution in [0.3, 0.4) is 0 Å². The molecule has 0 aromatic heterocycles. The number of amides is 2. The standard InChI is InChI=1S/C24H31Cl2N3O5S/c1-5-22(24(31)27-6-2)28(15-19-20(25)9-8-10-21(19)26)23(30)16-29(35(4,32)33)17-11-13-18(14-12-17)34-7-3/h8-14,22H,5-7,15-16H2,1-4H3,(H,27,31)/t22-/m0/s1. The first kappa shape index (κ1) is 28.7. The lowest BCUT2D eigenvalue weighted by molar-refractivity contribution is -0.140. The topological polar surface area (TPSA) is 96.0 Å². The number of rotatable bonds is 12. The number of carbonyl (C=O) groups is 2. The second-order valence-corrected chi connectivity index (χ2v) is 10.5. The Balaban J connectivity index is 2.46. The molecule has 0 aliphatic rings. The van der Waals surface area contributed by atoms with Crippen molar-refractivity contribution in [3.05, 3.63) is 58.1 Å². The lowest BCUT2D eigenvalue weighted by Gasteiger charge is -2.33. The molecule has 192 valence electrons. The average Bonchev–Trinajstić information content (AvgIpc) is 2.79. The molecule has 0 fully saturated rings. The number of hydrogen-bond donors (Lipinski definition) is 1. The third-order valence-electron chi connectivity index (χ3n) is 5.24. The summed E-state index contributed by atoms with van der Waals surface area (Å²) in [5.41, 5.74) is 0.769. The summed E-state index contributed by atoms with van der Waals surface area (Å²) < 4.78 is 31.7. The highest BCUT2D eigenvalue weighted by molar-refractivity contribution is 7.92. The summed E-state index contributed by atoms with van der Waals surface area (Å²) in [5, 5.41) is 3.42. The van der Waals surface area contributed by atoms with Gasteiger partial charge in [0.25, 0.3) is 0 Å². The first-order chi connectivity index (χ1) is 16.5. The highest BCUT2D eigenvalue weighted by atomic mass is 35.5. The van der Waals surface area contributed by atoms with Crippen LogP contribution in [0.2, 0.25) is 10.0 Å². The van der Waals surface area contributed by atoms with Gasteiger partial charge in [-0.25, -0.2) is 8.42 Å². The molecule has 8 nitrogen and oxygen atoms in total. The molecule has 2 aromatic carbocycles. The fourth-order valence-corrected chi connectivity index (χ4v) is 4.92. The number of anilines is 1. The van der Waals surface area contributed by atoms with Crippen LogP contribution >= 0.6 is 23.2 Å². The molecule has 2 rings (SSSR count). The summed E-state index contributed by atoms with van der Waals surface area (Å²) in [5.74, 6) is -0.342. The minimum absolute atomic E-state index is 0.0616. The molecule has 11 heteroatoms. The van der Waals surface area contributed by atoms with Crippen molar-refractivity contribution in [2.24, 2.45) is 0 Å². The fourth-order valence-electron chi connectivity index (χ4n) is 3.55. The van der Waals surface area contributed by atoms with E-state index in [-0.39, 0.29) is 12.5 Å². The Morgan fingerprint density at radius 2 is 1.63 bits per heavy atom. The number of ether oxygens (including phenoxy) is 1. The Hall–Kier alpha value is -2.49. The Labute approximate surface area is 217 Å². The largest absolute Gasteiger partial charge is 0.494 e. The predicted molar refractivity (Wildman–Crippen MR) is 140 cm³/mol. The maximum Gasteiger partial charge on any atom is 0.244 e. The summed E-state index contributed by atoms with van der Waals surface area (Å²) in [6.45, 7) is 5.66. The van der Waals surface area contributed by atoms with E-state index in [1.54, 1.807) is 56.3 Å². The van der Waals surface area contributed by atoms with Crippen molar-refractivity contribution in [1.82, 2.24) is 10.2 Å². The van der Waals surface area contributed by atoms with Crippen molar-refractivity contribution in [3.8, 4) is 5.75 Å². The zero-order chi connectivity index (χ0) is 26.2. The van der Waals surface area contributed by atoms with Gasteiger partial charge in [-0.2, -0.15) is 0 Å². The lowest BCUT2D eigenvalue weighted by Crippen LogP contribution is -2.52. The van der Waals surface area contributed by atoms with Gasteiger partial charge in [0.1, 0.15) is 18.3 Å². The first-order valence-electron chi connectivity index (χ1n) is 11.2. The number of nitrogens with one attached hydrogen (secondary N) is 1. The SMILES string of the molecule is CCNC(=O)[C@H](CC)N(Cc1c(Cl)cccc1Cl)C(=O)CN(c1ccc(OCC)cc1)S(C)(=O)=O. The molecule has 1 N–H and O–H groups in total. The normalized spacial score (nSPS) is 12.1. The van der Waals surface area contributed by atoms with Gasteiger partial charge in [-0.1, -0.05) is 36.2 Å². The number of benzene rings is 2. The van der Waals surface area contributed by atoms with E-state index in [1.165, 1.54) is 4.90 Å². The maximum atomic E-state index is 13.6. The van der Waals surface area contributed by atoms with E-state index < -0.39 is 28.5 Å². The van der Waals surface area contributed by atoms with Gasteiger partial charge in [-0.15, -0.1) is 0 Å². The number of halogens is 2. The number of nitrogens with zero attached hydrogens (tertiary/aromatic N) is 2. The van der Waals surface area contributed by atoms with Crippen LogP contribution in [0, 0.1) is 0 Å². The van der Waals surface area contributed by atoms with Crippen LogP contribution in [0.15, 0.2) is 42.5 Å². The Morgan fingerprint density at radius 3 is 2.11 bits per heavy atom. The summed E-state index contributed by atoms with van der Waals surface area (Å²) in [6, 6.07) is 10.5. The van der Waals surface area contributed by atoms with Gasteiger partial charge < -0.3 is 15.0 Å². The fraction of sp³-hybridized carbons (Fsp3) is 0.417. The van der Waals surface area contributed by atoms with Crippen molar-refractivity contribution >= 4 is 50.7 Å². The molecule has 0 saturated carbocycles. The molecule has 0 heterocycles. The van der Waals surface area contributed by atoms with E-state index in [9.17, 15) is 18.0 Å². The minimum atomic E-state index is -3.83. The number of sulfonamides is 1. The van der Waals surface area contributed by atoms with Crippen LogP contribution in [0.25, 0.3) is 0 Å². The molecule has 0 saturated heterocycles. The van der Waals surface area contributed by atoms with Gasteiger partial charge >= 0.3 is 0 Å². The van der Waals surface area contributed by atoms with Crippen molar-refractivity contribution in [3.63, 3.8) is 0 Å². The predicted octanol–water partition coefficient (Wildman–Crippen LogP) is 4.10. The van der Waals surface area contributed by atoms with E-state index in [1.807, 2.05) is 6.92 Å². The highest BCUT2D eigenvalue weighted by Crippen LogP contribution is 2.28. The third kappa shape index (κ3) is 7.75. The summed E-state index contributed by atoms with van der Waals surface area (Å²) in [6.07, 6.45) is 1.33. The molecule has 0 bridgehead atoms. The van der Waals surface area contributed by atoms with Gasteiger partial charge in [0.15, 0.2) is 0 Å². The second kappa shape index (κ2) is 13.0. The number of likely N-dealkylation sites (N-methyl/N-ethyl adjacent to an activating group) is 1. The van der Waals surface area contributed by atoms with Crippen LogP contribution in [0.5, 0.6) is 5.75 Å². The number of hydrogen-bond acceptors (Lipinski definition) is 5. The Kier molecular flexibility index (Phi) is 10.7. The smallest absolute Gasteiger partial charge is 0.244 e. The van der Waals surface area contributed by atoms with Gasteiger partial charge in [0, 0.05) is 28.7 Å². The van der Waals surface area contributed by atoms with E-state index in [4.69, 9.17) is 27.9 Å². The van der Waals surface area contributed by atoms with Crippen molar-refractivity contribution < 1.29 is 22.7 Å². The number of carbonyl (C=O) groups excluding carboxylic acids is 2. The molecule has 0 aliphatic heterocycles. The average molecular weight is 545 g/mol. The molecule has 0 radical (unpaired) electrons. The van der Waals surface area contributed by atoms with Gasteiger partial charge in [0.05, 0.1) is 18.6 Å². The van der Waals surface area contributed by atoms with Crippen molar-refractivity contribution in [2.75, 3.05) is 30.3 Å². The first-order valence-corrected chi connectivity index (χ1v) is 13.8. The second-order valence-electron chi connectivity index (χ2n) is 7.74.